The molecule has 0 aromatic heterocycles. The maximum Gasteiger partial charge on any atom is 0.0434 e. The Morgan fingerprint density at radius 1 is 1.10 bits per heavy atom. The van der Waals surface area contributed by atoms with Gasteiger partial charge in [-0.25, -0.2) is 0 Å². The van der Waals surface area contributed by atoms with Crippen LogP contribution in [0.25, 0.3) is 0 Å². The second-order valence-corrected chi connectivity index (χ2v) is 6.13. The summed E-state index contributed by atoms with van der Waals surface area (Å²) in [6, 6.07) is 15.1. The molecule has 1 aliphatic rings. The number of fused-ring (bicyclic) bond motifs is 1. The van der Waals surface area contributed by atoms with Gasteiger partial charge in [0.05, 0.1) is 0 Å². The molecule has 3 rings (SSSR count). The van der Waals surface area contributed by atoms with Gasteiger partial charge >= 0.3 is 0 Å². The Balaban J connectivity index is 1.66. The summed E-state index contributed by atoms with van der Waals surface area (Å²) < 4.78 is 0. The molecule has 110 valence electrons. The lowest BCUT2D eigenvalue weighted by atomic mass is 10.1. The van der Waals surface area contributed by atoms with Crippen LogP contribution in [0, 0.1) is 0 Å². The zero-order valence-electron chi connectivity index (χ0n) is 12.0. The predicted octanol–water partition coefficient (Wildman–Crippen LogP) is 3.84. The Kier molecular flexibility index (Phi) is 4.47. The normalized spacial score (nSPS) is 16.8. The maximum atomic E-state index is 8.92. The number of halogens is 1. The average Bonchev–Trinajstić information content (AvgIpc) is 2.86. The summed E-state index contributed by atoms with van der Waals surface area (Å²) in [6.45, 7) is 0.246. The van der Waals surface area contributed by atoms with E-state index in [2.05, 4.69) is 41.7 Å². The van der Waals surface area contributed by atoms with E-state index in [0.717, 1.165) is 36.4 Å². The molecule has 1 atom stereocenters. The van der Waals surface area contributed by atoms with E-state index in [9.17, 15) is 0 Å². The number of aryl methyl sites for hydroxylation is 1. The Hall–Kier alpha value is -1.51. The number of aliphatic hydroxyl groups is 1. The van der Waals surface area contributed by atoms with E-state index in [-0.39, 0.29) is 6.61 Å². The summed E-state index contributed by atoms with van der Waals surface area (Å²) in [7, 11) is 0. The van der Waals surface area contributed by atoms with E-state index in [1.165, 1.54) is 16.7 Å². The van der Waals surface area contributed by atoms with Crippen LogP contribution in [0.5, 0.6) is 0 Å². The fourth-order valence-electron chi connectivity index (χ4n) is 3.02. The minimum atomic E-state index is 0.246. The van der Waals surface area contributed by atoms with E-state index in [1.807, 2.05) is 6.07 Å². The van der Waals surface area contributed by atoms with Gasteiger partial charge in [-0.2, -0.15) is 0 Å². The highest BCUT2D eigenvalue weighted by Crippen LogP contribution is 2.27. The van der Waals surface area contributed by atoms with Gasteiger partial charge in [-0.1, -0.05) is 29.8 Å². The van der Waals surface area contributed by atoms with Crippen molar-refractivity contribution in [2.24, 2.45) is 0 Å². The molecule has 0 fully saturated rings. The van der Waals surface area contributed by atoms with E-state index in [0.29, 0.717) is 6.04 Å². The van der Waals surface area contributed by atoms with Crippen LogP contribution in [-0.4, -0.2) is 17.8 Å². The molecule has 0 saturated carbocycles. The first-order valence-corrected chi connectivity index (χ1v) is 7.86. The van der Waals surface area contributed by atoms with Crippen molar-refractivity contribution >= 4 is 17.3 Å². The van der Waals surface area contributed by atoms with Crippen molar-refractivity contribution in [2.45, 2.75) is 31.7 Å². The lowest BCUT2D eigenvalue weighted by Crippen LogP contribution is -2.19. The van der Waals surface area contributed by atoms with Crippen LogP contribution < -0.4 is 5.32 Å². The number of nitrogens with one attached hydrogen (secondary N) is 1. The molecule has 0 saturated heterocycles. The van der Waals surface area contributed by atoms with Crippen LogP contribution in [-0.2, 0) is 19.3 Å². The topological polar surface area (TPSA) is 32.3 Å². The molecule has 0 aliphatic heterocycles. The molecule has 0 radical (unpaired) electrons. The van der Waals surface area contributed by atoms with Crippen LogP contribution in [0.2, 0.25) is 5.02 Å². The van der Waals surface area contributed by atoms with Crippen molar-refractivity contribution in [3.8, 4) is 0 Å². The molecule has 0 amide bonds. The minimum absolute atomic E-state index is 0.246. The third-order valence-electron chi connectivity index (χ3n) is 4.02. The van der Waals surface area contributed by atoms with Crippen molar-refractivity contribution in [1.82, 2.24) is 0 Å². The lowest BCUT2D eigenvalue weighted by Gasteiger charge is -2.14. The van der Waals surface area contributed by atoms with Gasteiger partial charge in [0, 0.05) is 23.4 Å². The van der Waals surface area contributed by atoms with Crippen molar-refractivity contribution in [2.75, 3.05) is 11.9 Å². The third kappa shape index (κ3) is 3.58. The molecule has 1 aliphatic carbocycles. The summed E-state index contributed by atoms with van der Waals surface area (Å²) in [5, 5.41) is 13.4. The highest BCUT2D eigenvalue weighted by atomic mass is 35.5. The number of aliphatic hydroxyl groups excluding tert-OH is 1. The van der Waals surface area contributed by atoms with Crippen LogP contribution in [0.3, 0.4) is 0 Å². The highest BCUT2D eigenvalue weighted by Gasteiger charge is 2.21. The molecule has 2 nitrogen and oxygen atoms in total. The first-order valence-electron chi connectivity index (χ1n) is 7.48. The van der Waals surface area contributed by atoms with Gasteiger partial charge < -0.3 is 10.4 Å². The minimum Gasteiger partial charge on any atom is -0.396 e. The van der Waals surface area contributed by atoms with Crippen molar-refractivity contribution < 1.29 is 5.11 Å². The zero-order chi connectivity index (χ0) is 14.7. The molecule has 2 aromatic carbocycles. The van der Waals surface area contributed by atoms with Gasteiger partial charge in [0.2, 0.25) is 0 Å². The molecule has 0 spiro atoms. The van der Waals surface area contributed by atoms with Crippen LogP contribution in [0.4, 0.5) is 5.69 Å². The molecule has 1 unspecified atom stereocenters. The largest absolute Gasteiger partial charge is 0.396 e. The molecular weight excluding hydrogens is 282 g/mol. The molecule has 2 N–H and O–H groups in total. The SMILES string of the molecule is OCCCc1cccc(NC2Cc3ccc(Cl)cc3C2)c1. The van der Waals surface area contributed by atoms with Gasteiger partial charge in [0.1, 0.15) is 0 Å². The second kappa shape index (κ2) is 6.50. The molecular formula is C18H20ClNO. The third-order valence-corrected chi connectivity index (χ3v) is 4.26. The van der Waals surface area contributed by atoms with Crippen LogP contribution in [0.1, 0.15) is 23.1 Å². The summed E-state index contributed by atoms with van der Waals surface area (Å²) >= 11 is 6.06. The van der Waals surface area contributed by atoms with E-state index < -0.39 is 0 Å². The summed E-state index contributed by atoms with van der Waals surface area (Å²) in [5.41, 5.74) is 5.19. The second-order valence-electron chi connectivity index (χ2n) is 5.69. The highest BCUT2D eigenvalue weighted by molar-refractivity contribution is 6.30. The van der Waals surface area contributed by atoms with Crippen molar-refractivity contribution in [1.29, 1.82) is 0 Å². The smallest absolute Gasteiger partial charge is 0.0434 e. The zero-order valence-corrected chi connectivity index (χ0v) is 12.7. The molecule has 0 heterocycles. The van der Waals surface area contributed by atoms with E-state index in [1.54, 1.807) is 0 Å². The van der Waals surface area contributed by atoms with Crippen LogP contribution in [0.15, 0.2) is 42.5 Å². The molecule has 2 aromatic rings. The fourth-order valence-corrected chi connectivity index (χ4v) is 3.22. The number of benzene rings is 2. The lowest BCUT2D eigenvalue weighted by molar-refractivity contribution is 0.288. The Morgan fingerprint density at radius 3 is 2.81 bits per heavy atom. The van der Waals surface area contributed by atoms with E-state index >= 15 is 0 Å². The van der Waals surface area contributed by atoms with Crippen molar-refractivity contribution in [3.05, 3.63) is 64.2 Å². The molecule has 3 heteroatoms. The summed E-state index contributed by atoms with van der Waals surface area (Å²) in [4.78, 5) is 0. The number of anilines is 1. The molecule has 0 bridgehead atoms. The van der Waals surface area contributed by atoms with E-state index in [4.69, 9.17) is 16.7 Å². The number of rotatable bonds is 5. The Morgan fingerprint density at radius 2 is 1.95 bits per heavy atom. The van der Waals surface area contributed by atoms with Gasteiger partial charge in [0.15, 0.2) is 0 Å². The maximum absolute atomic E-state index is 8.92. The predicted molar refractivity (Wildman–Crippen MR) is 88.1 cm³/mol. The van der Waals surface area contributed by atoms with Gasteiger partial charge in [0.25, 0.3) is 0 Å². The first kappa shape index (κ1) is 14.4. The summed E-state index contributed by atoms with van der Waals surface area (Å²) in [5.74, 6) is 0. The number of hydrogen-bond acceptors (Lipinski definition) is 2. The quantitative estimate of drug-likeness (QED) is 0.879. The van der Waals surface area contributed by atoms with Crippen LogP contribution >= 0.6 is 11.6 Å². The first-order chi connectivity index (χ1) is 10.2. The Labute approximate surface area is 130 Å². The number of hydrogen-bond donors (Lipinski definition) is 2. The monoisotopic (exact) mass is 301 g/mol. The van der Waals surface area contributed by atoms with Gasteiger partial charge in [-0.3, -0.25) is 0 Å². The summed E-state index contributed by atoms with van der Waals surface area (Å²) in [6.07, 6.45) is 3.81. The molecule has 21 heavy (non-hydrogen) atoms. The van der Waals surface area contributed by atoms with Crippen molar-refractivity contribution in [3.63, 3.8) is 0 Å². The van der Waals surface area contributed by atoms with Gasteiger partial charge in [-0.05, 0) is 66.6 Å². The Bertz CT molecular complexity index is 626. The fraction of sp³-hybridized carbons (Fsp3) is 0.333. The standard InChI is InChI=1S/C18H20ClNO/c19-16-7-6-14-11-18(12-15(14)10-16)20-17-5-1-3-13(9-17)4-2-8-21/h1,3,5-7,9-10,18,20-21H,2,4,8,11-12H2. The van der Waals surface area contributed by atoms with Gasteiger partial charge in [-0.15, -0.1) is 0 Å². The average molecular weight is 302 g/mol.